The zero-order valence-electron chi connectivity index (χ0n) is 8.72. The highest BCUT2D eigenvalue weighted by Crippen LogP contribution is 1.87. The second kappa shape index (κ2) is 8.01. The van der Waals surface area contributed by atoms with Crippen molar-refractivity contribution in [2.45, 2.75) is 26.4 Å². The van der Waals surface area contributed by atoms with E-state index in [4.69, 9.17) is 4.74 Å². The molecule has 0 fully saturated rings. The summed E-state index contributed by atoms with van der Waals surface area (Å²) in [4.78, 5) is 11.1. The molecule has 78 valence electrons. The molecule has 0 spiro atoms. The van der Waals surface area contributed by atoms with Crippen molar-refractivity contribution in [2.75, 3.05) is 26.7 Å². The van der Waals surface area contributed by atoms with Gasteiger partial charge in [-0.2, -0.15) is 0 Å². The molecule has 0 radical (unpaired) electrons. The van der Waals surface area contributed by atoms with E-state index in [1.54, 1.807) is 0 Å². The van der Waals surface area contributed by atoms with Gasteiger partial charge in [0.25, 0.3) is 0 Å². The summed E-state index contributed by atoms with van der Waals surface area (Å²) in [6.07, 6.45) is 1.04. The van der Waals surface area contributed by atoms with Gasteiger partial charge < -0.3 is 15.4 Å². The fourth-order valence-electron chi connectivity index (χ4n) is 0.880. The molecule has 1 amide bonds. The predicted molar refractivity (Wildman–Crippen MR) is 52.6 cm³/mol. The fourth-order valence-corrected chi connectivity index (χ4v) is 0.880. The summed E-state index contributed by atoms with van der Waals surface area (Å²) in [6.45, 7) is 5.60. The van der Waals surface area contributed by atoms with Crippen LogP contribution in [-0.4, -0.2) is 38.8 Å². The highest BCUT2D eigenvalue weighted by Gasteiger charge is 2.04. The lowest BCUT2D eigenvalue weighted by Crippen LogP contribution is -2.32. The molecule has 0 bridgehead atoms. The van der Waals surface area contributed by atoms with Gasteiger partial charge in [-0.25, -0.2) is 0 Å². The van der Waals surface area contributed by atoms with Crippen LogP contribution in [0.15, 0.2) is 0 Å². The molecule has 0 saturated heterocycles. The normalized spacial score (nSPS) is 12.5. The fraction of sp³-hybridized carbons (Fsp3) is 0.889. The summed E-state index contributed by atoms with van der Waals surface area (Å²) in [5, 5.41) is 5.72. The predicted octanol–water partition coefficient (Wildman–Crippen LogP) is 0.137. The zero-order chi connectivity index (χ0) is 10.1. The van der Waals surface area contributed by atoms with Gasteiger partial charge in [-0.1, -0.05) is 6.92 Å². The first-order valence-corrected chi connectivity index (χ1v) is 4.73. The summed E-state index contributed by atoms with van der Waals surface area (Å²) in [5.74, 6) is -0.0372. The second-order valence-corrected chi connectivity index (χ2v) is 3.03. The Balaban J connectivity index is 3.34. The standard InChI is InChI=1S/C9H20N2O2/c1-4-5-11-9(12)7-13-8(2)6-10-3/h8,10H,4-7H2,1-3H3,(H,11,12). The van der Waals surface area contributed by atoms with E-state index in [0.717, 1.165) is 19.5 Å². The number of amides is 1. The maximum atomic E-state index is 11.1. The average Bonchev–Trinajstić information content (AvgIpc) is 2.12. The highest BCUT2D eigenvalue weighted by atomic mass is 16.5. The van der Waals surface area contributed by atoms with Crippen molar-refractivity contribution in [3.05, 3.63) is 0 Å². The quantitative estimate of drug-likeness (QED) is 0.597. The maximum Gasteiger partial charge on any atom is 0.246 e. The van der Waals surface area contributed by atoms with Gasteiger partial charge in [0.1, 0.15) is 6.61 Å². The van der Waals surface area contributed by atoms with E-state index in [9.17, 15) is 4.79 Å². The lowest BCUT2D eigenvalue weighted by molar-refractivity contribution is -0.127. The lowest BCUT2D eigenvalue weighted by atomic mass is 10.4. The second-order valence-electron chi connectivity index (χ2n) is 3.03. The van der Waals surface area contributed by atoms with Gasteiger partial charge in [-0.3, -0.25) is 4.79 Å². The molecule has 0 saturated carbocycles. The van der Waals surface area contributed by atoms with Crippen molar-refractivity contribution in [1.29, 1.82) is 0 Å². The molecular weight excluding hydrogens is 168 g/mol. The summed E-state index contributed by atoms with van der Waals surface area (Å²) >= 11 is 0. The minimum Gasteiger partial charge on any atom is -0.367 e. The Morgan fingerprint density at radius 1 is 1.54 bits per heavy atom. The van der Waals surface area contributed by atoms with Crippen molar-refractivity contribution in [1.82, 2.24) is 10.6 Å². The van der Waals surface area contributed by atoms with Gasteiger partial charge in [-0.15, -0.1) is 0 Å². The molecule has 1 atom stereocenters. The van der Waals surface area contributed by atoms with Crippen LogP contribution in [-0.2, 0) is 9.53 Å². The first-order chi connectivity index (χ1) is 6.20. The van der Waals surface area contributed by atoms with E-state index in [1.165, 1.54) is 0 Å². The zero-order valence-corrected chi connectivity index (χ0v) is 8.72. The number of nitrogens with one attached hydrogen (secondary N) is 2. The monoisotopic (exact) mass is 188 g/mol. The molecule has 0 aromatic carbocycles. The van der Waals surface area contributed by atoms with Crippen molar-refractivity contribution in [3.63, 3.8) is 0 Å². The molecule has 0 aliphatic carbocycles. The van der Waals surface area contributed by atoms with Gasteiger partial charge in [0.05, 0.1) is 6.10 Å². The van der Waals surface area contributed by atoms with E-state index in [1.807, 2.05) is 20.9 Å². The molecule has 13 heavy (non-hydrogen) atoms. The highest BCUT2D eigenvalue weighted by molar-refractivity contribution is 5.77. The molecule has 0 aliphatic rings. The molecule has 0 heterocycles. The van der Waals surface area contributed by atoms with Gasteiger partial charge in [0.2, 0.25) is 5.91 Å². The molecule has 0 aromatic heterocycles. The average molecular weight is 188 g/mol. The number of carbonyl (C=O) groups is 1. The molecule has 4 heteroatoms. The number of carbonyl (C=O) groups excluding carboxylic acids is 1. The number of hydrogen-bond donors (Lipinski definition) is 2. The van der Waals surface area contributed by atoms with E-state index in [2.05, 4.69) is 10.6 Å². The molecular formula is C9H20N2O2. The Morgan fingerprint density at radius 3 is 2.77 bits per heavy atom. The topological polar surface area (TPSA) is 50.4 Å². The molecule has 0 aliphatic heterocycles. The van der Waals surface area contributed by atoms with Crippen LogP contribution in [0, 0.1) is 0 Å². The summed E-state index contributed by atoms with van der Waals surface area (Å²) in [6, 6.07) is 0. The van der Waals surface area contributed by atoms with Gasteiger partial charge >= 0.3 is 0 Å². The minimum atomic E-state index is -0.0372. The number of hydrogen-bond acceptors (Lipinski definition) is 3. The Morgan fingerprint density at radius 2 is 2.23 bits per heavy atom. The third-order valence-corrected chi connectivity index (χ3v) is 1.56. The molecule has 4 nitrogen and oxygen atoms in total. The van der Waals surface area contributed by atoms with Crippen molar-refractivity contribution >= 4 is 5.91 Å². The van der Waals surface area contributed by atoms with E-state index >= 15 is 0 Å². The van der Waals surface area contributed by atoms with Crippen LogP contribution < -0.4 is 10.6 Å². The first-order valence-electron chi connectivity index (χ1n) is 4.73. The largest absolute Gasteiger partial charge is 0.367 e. The Hall–Kier alpha value is -0.610. The van der Waals surface area contributed by atoms with Crippen LogP contribution in [0.4, 0.5) is 0 Å². The van der Waals surface area contributed by atoms with Gasteiger partial charge in [-0.05, 0) is 20.4 Å². The van der Waals surface area contributed by atoms with Gasteiger partial charge in [0, 0.05) is 13.1 Å². The van der Waals surface area contributed by atoms with Crippen LogP contribution in [0.5, 0.6) is 0 Å². The SMILES string of the molecule is CCCNC(=O)COC(C)CNC. The Bertz CT molecular complexity index is 140. The summed E-state index contributed by atoms with van der Waals surface area (Å²) in [5.41, 5.74) is 0. The lowest BCUT2D eigenvalue weighted by Gasteiger charge is -2.11. The molecule has 0 aromatic rings. The summed E-state index contributed by atoms with van der Waals surface area (Å²) < 4.78 is 5.27. The third kappa shape index (κ3) is 7.74. The van der Waals surface area contributed by atoms with Crippen LogP contribution in [0.2, 0.25) is 0 Å². The molecule has 2 N–H and O–H groups in total. The van der Waals surface area contributed by atoms with E-state index in [0.29, 0.717) is 0 Å². The van der Waals surface area contributed by atoms with Crippen molar-refractivity contribution in [2.24, 2.45) is 0 Å². The van der Waals surface area contributed by atoms with Crippen molar-refractivity contribution < 1.29 is 9.53 Å². The first kappa shape index (κ1) is 12.4. The molecule has 0 rings (SSSR count). The van der Waals surface area contributed by atoms with E-state index < -0.39 is 0 Å². The number of likely N-dealkylation sites (N-methyl/N-ethyl adjacent to an activating group) is 1. The van der Waals surface area contributed by atoms with E-state index in [-0.39, 0.29) is 18.6 Å². The van der Waals surface area contributed by atoms with Crippen molar-refractivity contribution in [3.8, 4) is 0 Å². The van der Waals surface area contributed by atoms with Crippen LogP contribution in [0.3, 0.4) is 0 Å². The Kier molecular flexibility index (Phi) is 7.63. The summed E-state index contributed by atoms with van der Waals surface area (Å²) in [7, 11) is 1.86. The smallest absolute Gasteiger partial charge is 0.246 e. The maximum absolute atomic E-state index is 11.1. The number of ether oxygens (including phenoxy) is 1. The van der Waals surface area contributed by atoms with Gasteiger partial charge in [0.15, 0.2) is 0 Å². The molecule has 1 unspecified atom stereocenters. The third-order valence-electron chi connectivity index (χ3n) is 1.56. The van der Waals surface area contributed by atoms with Crippen LogP contribution in [0.25, 0.3) is 0 Å². The van der Waals surface area contributed by atoms with Crippen LogP contribution in [0.1, 0.15) is 20.3 Å². The van der Waals surface area contributed by atoms with Crippen LogP contribution >= 0.6 is 0 Å². The Labute approximate surface area is 80.0 Å². The minimum absolute atomic E-state index is 0.0372. The number of rotatable bonds is 7.